The second kappa shape index (κ2) is 9.31. The van der Waals surface area contributed by atoms with Gasteiger partial charge in [0.2, 0.25) is 0 Å². The van der Waals surface area contributed by atoms with Crippen LogP contribution in [0.4, 0.5) is 0 Å². The van der Waals surface area contributed by atoms with E-state index in [2.05, 4.69) is 19.6 Å². The Kier molecular flexibility index (Phi) is 9.60. The van der Waals surface area contributed by atoms with Crippen LogP contribution in [-0.2, 0) is 4.74 Å². The number of hydrogen-bond acceptors (Lipinski definition) is 2. The number of ether oxygens (including phenoxy) is 1. The SMILES string of the molecule is CCCOCCCCCS. The summed E-state index contributed by atoms with van der Waals surface area (Å²) in [4.78, 5) is 0. The minimum atomic E-state index is 0.918. The average Bonchev–Trinajstić information content (AvgIpc) is 1.97. The molecule has 0 bridgehead atoms. The van der Waals surface area contributed by atoms with E-state index in [1.165, 1.54) is 19.3 Å². The highest BCUT2D eigenvalue weighted by atomic mass is 32.1. The Hall–Kier alpha value is 0.310. The number of rotatable bonds is 7. The highest BCUT2D eigenvalue weighted by Crippen LogP contribution is 1.97. The topological polar surface area (TPSA) is 9.23 Å². The molecule has 0 fully saturated rings. The zero-order chi connectivity index (χ0) is 7.66. The zero-order valence-electron chi connectivity index (χ0n) is 6.81. The average molecular weight is 162 g/mol. The molecule has 0 N–H and O–H groups in total. The van der Waals surface area contributed by atoms with Gasteiger partial charge in [0.05, 0.1) is 0 Å². The third kappa shape index (κ3) is 8.31. The maximum atomic E-state index is 5.30. The van der Waals surface area contributed by atoms with Crippen molar-refractivity contribution in [2.45, 2.75) is 32.6 Å². The van der Waals surface area contributed by atoms with E-state index in [0.717, 1.165) is 25.4 Å². The Morgan fingerprint density at radius 1 is 1.10 bits per heavy atom. The molecule has 2 heteroatoms. The standard InChI is InChI=1S/C8H18OS/c1-2-6-9-7-4-3-5-8-10/h10H,2-8H2,1H3. The zero-order valence-corrected chi connectivity index (χ0v) is 7.70. The monoisotopic (exact) mass is 162 g/mol. The number of hydrogen-bond donors (Lipinski definition) is 1. The van der Waals surface area contributed by atoms with Gasteiger partial charge in [-0.2, -0.15) is 12.6 Å². The van der Waals surface area contributed by atoms with Gasteiger partial charge >= 0.3 is 0 Å². The smallest absolute Gasteiger partial charge is 0.0466 e. The predicted octanol–water partition coefficient (Wildman–Crippen LogP) is 2.51. The van der Waals surface area contributed by atoms with Crippen LogP contribution in [0.1, 0.15) is 32.6 Å². The lowest BCUT2D eigenvalue weighted by molar-refractivity contribution is 0.131. The van der Waals surface area contributed by atoms with Crippen molar-refractivity contribution in [2.75, 3.05) is 19.0 Å². The van der Waals surface area contributed by atoms with Gasteiger partial charge < -0.3 is 4.74 Å². The molecule has 0 aliphatic rings. The molecule has 0 saturated carbocycles. The highest BCUT2D eigenvalue weighted by molar-refractivity contribution is 7.80. The maximum Gasteiger partial charge on any atom is 0.0466 e. The minimum absolute atomic E-state index is 0.918. The van der Waals surface area contributed by atoms with Gasteiger partial charge in [-0.15, -0.1) is 0 Å². The van der Waals surface area contributed by atoms with Crippen molar-refractivity contribution in [3.63, 3.8) is 0 Å². The summed E-state index contributed by atoms with van der Waals surface area (Å²) in [5.41, 5.74) is 0. The molecule has 0 aliphatic heterocycles. The van der Waals surface area contributed by atoms with Gasteiger partial charge in [0, 0.05) is 13.2 Å². The van der Waals surface area contributed by atoms with E-state index < -0.39 is 0 Å². The predicted molar refractivity (Wildman–Crippen MR) is 48.8 cm³/mol. The molecule has 0 heterocycles. The van der Waals surface area contributed by atoms with Crippen LogP contribution >= 0.6 is 12.6 Å². The van der Waals surface area contributed by atoms with Crippen molar-refractivity contribution >= 4 is 12.6 Å². The fraction of sp³-hybridized carbons (Fsp3) is 1.00. The molecule has 0 spiro atoms. The third-order valence-electron chi connectivity index (χ3n) is 1.30. The Labute approximate surface area is 69.6 Å². The van der Waals surface area contributed by atoms with Crippen molar-refractivity contribution < 1.29 is 4.74 Å². The van der Waals surface area contributed by atoms with E-state index in [9.17, 15) is 0 Å². The number of unbranched alkanes of at least 4 members (excludes halogenated alkanes) is 2. The second-order valence-electron chi connectivity index (χ2n) is 2.40. The molecule has 0 aromatic carbocycles. The molecule has 0 radical (unpaired) electrons. The molecule has 62 valence electrons. The van der Waals surface area contributed by atoms with E-state index in [0.29, 0.717) is 0 Å². The lowest BCUT2D eigenvalue weighted by atomic mass is 10.3. The van der Waals surface area contributed by atoms with Crippen LogP contribution in [0.15, 0.2) is 0 Å². The molecular formula is C8H18OS. The molecular weight excluding hydrogens is 144 g/mol. The third-order valence-corrected chi connectivity index (χ3v) is 1.61. The van der Waals surface area contributed by atoms with Crippen LogP contribution in [0.3, 0.4) is 0 Å². The summed E-state index contributed by atoms with van der Waals surface area (Å²) < 4.78 is 5.30. The Morgan fingerprint density at radius 3 is 2.50 bits per heavy atom. The molecule has 10 heavy (non-hydrogen) atoms. The molecule has 0 saturated heterocycles. The molecule has 0 aliphatic carbocycles. The molecule has 0 rings (SSSR count). The molecule has 0 amide bonds. The first-order valence-corrected chi connectivity index (χ1v) is 4.73. The van der Waals surface area contributed by atoms with Crippen molar-refractivity contribution in [2.24, 2.45) is 0 Å². The van der Waals surface area contributed by atoms with Crippen LogP contribution in [0.25, 0.3) is 0 Å². The first-order chi connectivity index (χ1) is 4.91. The normalized spacial score (nSPS) is 10.2. The van der Waals surface area contributed by atoms with Crippen molar-refractivity contribution in [3.05, 3.63) is 0 Å². The van der Waals surface area contributed by atoms with Gasteiger partial charge in [0.25, 0.3) is 0 Å². The summed E-state index contributed by atoms with van der Waals surface area (Å²) >= 11 is 4.12. The van der Waals surface area contributed by atoms with Gasteiger partial charge in [0.15, 0.2) is 0 Å². The van der Waals surface area contributed by atoms with Gasteiger partial charge in [0.1, 0.15) is 0 Å². The molecule has 0 aromatic heterocycles. The molecule has 0 atom stereocenters. The Bertz CT molecular complexity index is 49.2. The van der Waals surface area contributed by atoms with Crippen LogP contribution < -0.4 is 0 Å². The highest BCUT2D eigenvalue weighted by Gasteiger charge is 1.87. The first-order valence-electron chi connectivity index (χ1n) is 4.10. The van der Waals surface area contributed by atoms with Gasteiger partial charge in [-0.25, -0.2) is 0 Å². The van der Waals surface area contributed by atoms with Gasteiger partial charge in [-0.3, -0.25) is 0 Å². The van der Waals surface area contributed by atoms with E-state index in [1.54, 1.807) is 0 Å². The van der Waals surface area contributed by atoms with E-state index in [-0.39, 0.29) is 0 Å². The van der Waals surface area contributed by atoms with E-state index >= 15 is 0 Å². The summed E-state index contributed by atoms with van der Waals surface area (Å²) in [7, 11) is 0. The lowest BCUT2D eigenvalue weighted by Gasteiger charge is -2.00. The Balaban J connectivity index is 2.65. The number of thiol groups is 1. The Morgan fingerprint density at radius 2 is 1.90 bits per heavy atom. The van der Waals surface area contributed by atoms with Crippen LogP contribution in [0, 0.1) is 0 Å². The fourth-order valence-electron chi connectivity index (χ4n) is 0.739. The van der Waals surface area contributed by atoms with E-state index in [4.69, 9.17) is 4.74 Å². The maximum absolute atomic E-state index is 5.30. The van der Waals surface area contributed by atoms with Crippen LogP contribution in [-0.4, -0.2) is 19.0 Å². The van der Waals surface area contributed by atoms with Crippen molar-refractivity contribution in [1.82, 2.24) is 0 Å². The molecule has 0 aromatic rings. The molecule has 0 unspecified atom stereocenters. The quantitative estimate of drug-likeness (QED) is 0.447. The molecule has 1 nitrogen and oxygen atoms in total. The summed E-state index contributed by atoms with van der Waals surface area (Å²) in [5.74, 6) is 1.01. The second-order valence-corrected chi connectivity index (χ2v) is 2.84. The van der Waals surface area contributed by atoms with Gasteiger partial charge in [-0.1, -0.05) is 13.3 Å². The first kappa shape index (κ1) is 10.3. The summed E-state index contributed by atoms with van der Waals surface area (Å²) in [6.45, 7) is 3.98. The van der Waals surface area contributed by atoms with Crippen LogP contribution in [0.5, 0.6) is 0 Å². The fourth-order valence-corrected chi connectivity index (χ4v) is 0.963. The largest absolute Gasteiger partial charge is 0.381 e. The van der Waals surface area contributed by atoms with Gasteiger partial charge in [-0.05, 0) is 25.0 Å². The lowest BCUT2D eigenvalue weighted by Crippen LogP contribution is -1.95. The van der Waals surface area contributed by atoms with E-state index in [1.807, 2.05) is 0 Å². The summed E-state index contributed by atoms with van der Waals surface area (Å²) in [6, 6.07) is 0. The minimum Gasteiger partial charge on any atom is -0.381 e. The van der Waals surface area contributed by atoms with Crippen molar-refractivity contribution in [3.8, 4) is 0 Å². The summed E-state index contributed by atoms with van der Waals surface area (Å²) in [5, 5.41) is 0. The van der Waals surface area contributed by atoms with Crippen molar-refractivity contribution in [1.29, 1.82) is 0 Å². The van der Waals surface area contributed by atoms with Crippen LogP contribution in [0.2, 0.25) is 0 Å². The summed E-state index contributed by atoms with van der Waals surface area (Å²) in [6.07, 6.45) is 4.80.